The van der Waals surface area contributed by atoms with Gasteiger partial charge >= 0.3 is 0 Å². The number of aryl methyl sites for hydroxylation is 1. The maximum Gasteiger partial charge on any atom is 0.268 e. The SMILES string of the molecule is Cc1cc(=O)cc(C(=O)NC[C@H]2CC(=O)N(c3ccccc3)C2)n1C. The van der Waals surface area contributed by atoms with Crippen molar-refractivity contribution in [3.8, 4) is 0 Å². The number of hydrogen-bond acceptors (Lipinski definition) is 3. The molecule has 1 saturated heterocycles. The molecule has 130 valence electrons. The van der Waals surface area contributed by atoms with Crippen molar-refractivity contribution >= 4 is 17.5 Å². The van der Waals surface area contributed by atoms with E-state index in [-0.39, 0.29) is 23.2 Å². The zero-order chi connectivity index (χ0) is 18.0. The average Bonchev–Trinajstić information content (AvgIpc) is 2.97. The Morgan fingerprint density at radius 3 is 2.64 bits per heavy atom. The first-order valence-corrected chi connectivity index (χ1v) is 8.27. The molecule has 6 heteroatoms. The maximum atomic E-state index is 12.4. The lowest BCUT2D eigenvalue weighted by molar-refractivity contribution is -0.117. The molecule has 0 saturated carbocycles. The van der Waals surface area contributed by atoms with E-state index in [1.165, 1.54) is 12.1 Å². The largest absolute Gasteiger partial charge is 0.350 e. The lowest BCUT2D eigenvalue weighted by Crippen LogP contribution is -2.33. The number of amides is 2. The van der Waals surface area contributed by atoms with Crippen LogP contribution < -0.4 is 15.6 Å². The van der Waals surface area contributed by atoms with Gasteiger partial charge in [0.25, 0.3) is 5.91 Å². The Morgan fingerprint density at radius 1 is 1.20 bits per heavy atom. The van der Waals surface area contributed by atoms with Crippen LogP contribution in [0, 0.1) is 12.8 Å². The number of pyridine rings is 1. The number of para-hydroxylation sites is 1. The van der Waals surface area contributed by atoms with Crippen LogP contribution in [0.25, 0.3) is 0 Å². The fourth-order valence-corrected chi connectivity index (χ4v) is 3.09. The molecule has 1 aliphatic rings. The second-order valence-electron chi connectivity index (χ2n) is 6.40. The van der Waals surface area contributed by atoms with Crippen LogP contribution in [0.4, 0.5) is 5.69 Å². The summed E-state index contributed by atoms with van der Waals surface area (Å²) in [4.78, 5) is 38.0. The predicted octanol–water partition coefficient (Wildman–Crippen LogP) is 1.48. The smallest absolute Gasteiger partial charge is 0.268 e. The number of hydrogen-bond donors (Lipinski definition) is 1. The van der Waals surface area contributed by atoms with Crippen molar-refractivity contribution < 1.29 is 9.59 Å². The van der Waals surface area contributed by atoms with Crippen molar-refractivity contribution in [3.63, 3.8) is 0 Å². The number of anilines is 1. The minimum atomic E-state index is -0.297. The highest BCUT2D eigenvalue weighted by atomic mass is 16.2. The second-order valence-corrected chi connectivity index (χ2v) is 6.40. The molecule has 2 amide bonds. The maximum absolute atomic E-state index is 12.4. The highest BCUT2D eigenvalue weighted by Crippen LogP contribution is 2.24. The van der Waals surface area contributed by atoms with E-state index >= 15 is 0 Å². The number of carbonyl (C=O) groups excluding carboxylic acids is 2. The summed E-state index contributed by atoms with van der Waals surface area (Å²) in [7, 11) is 1.75. The molecule has 2 aromatic rings. The third kappa shape index (κ3) is 3.63. The number of nitrogens with zero attached hydrogens (tertiary/aromatic N) is 2. The Kier molecular flexibility index (Phi) is 4.70. The number of aromatic nitrogens is 1. The van der Waals surface area contributed by atoms with Gasteiger partial charge < -0.3 is 14.8 Å². The van der Waals surface area contributed by atoms with Gasteiger partial charge in [0.1, 0.15) is 5.69 Å². The van der Waals surface area contributed by atoms with E-state index in [1.54, 1.807) is 23.4 Å². The first-order valence-electron chi connectivity index (χ1n) is 8.27. The third-order valence-electron chi connectivity index (χ3n) is 4.58. The van der Waals surface area contributed by atoms with Crippen LogP contribution in [0.5, 0.6) is 0 Å². The monoisotopic (exact) mass is 339 g/mol. The Hall–Kier alpha value is -2.89. The van der Waals surface area contributed by atoms with Crippen LogP contribution in [0.3, 0.4) is 0 Å². The standard InChI is InChI=1S/C19H21N3O3/c1-13-8-16(23)10-17(21(13)2)19(25)20-11-14-9-18(24)22(12-14)15-6-4-3-5-7-15/h3-8,10,14H,9,11-12H2,1-2H3,(H,20,25)/t14-/m1/s1. The minimum absolute atomic E-state index is 0.0542. The summed E-state index contributed by atoms with van der Waals surface area (Å²) in [6, 6.07) is 12.3. The molecule has 1 fully saturated rings. The zero-order valence-corrected chi connectivity index (χ0v) is 14.4. The van der Waals surface area contributed by atoms with Crippen molar-refractivity contribution in [3.05, 3.63) is 64.1 Å². The summed E-state index contributed by atoms with van der Waals surface area (Å²) in [6.07, 6.45) is 0.405. The normalized spacial score (nSPS) is 17.0. The molecule has 25 heavy (non-hydrogen) atoms. The van der Waals surface area contributed by atoms with Gasteiger partial charge in [-0.25, -0.2) is 0 Å². The van der Waals surface area contributed by atoms with E-state index in [1.807, 2.05) is 30.3 Å². The van der Waals surface area contributed by atoms with Crippen LogP contribution >= 0.6 is 0 Å². The number of benzene rings is 1. The number of rotatable bonds is 4. The quantitative estimate of drug-likeness (QED) is 0.917. The van der Waals surface area contributed by atoms with Crippen LogP contribution in [-0.2, 0) is 11.8 Å². The summed E-state index contributed by atoms with van der Waals surface area (Å²) in [5, 5.41) is 2.85. The molecule has 6 nitrogen and oxygen atoms in total. The Labute approximate surface area is 146 Å². The second kappa shape index (κ2) is 6.93. The van der Waals surface area contributed by atoms with Crippen LogP contribution in [0.15, 0.2) is 47.3 Å². The number of nitrogens with one attached hydrogen (secondary N) is 1. The Bertz CT molecular complexity index is 858. The summed E-state index contributed by atoms with van der Waals surface area (Å²) in [5.41, 5.74) is 1.74. The molecule has 1 aromatic carbocycles. The fourth-order valence-electron chi connectivity index (χ4n) is 3.09. The lowest BCUT2D eigenvalue weighted by atomic mass is 10.1. The molecule has 0 bridgehead atoms. The molecule has 3 rings (SSSR count). The molecular weight excluding hydrogens is 318 g/mol. The van der Waals surface area contributed by atoms with Gasteiger partial charge in [-0.1, -0.05) is 18.2 Å². The van der Waals surface area contributed by atoms with E-state index in [2.05, 4.69) is 5.32 Å². The minimum Gasteiger partial charge on any atom is -0.350 e. The van der Waals surface area contributed by atoms with Crippen LogP contribution in [0.1, 0.15) is 22.6 Å². The van der Waals surface area contributed by atoms with Gasteiger partial charge in [-0.15, -0.1) is 0 Å². The zero-order valence-electron chi connectivity index (χ0n) is 14.4. The summed E-state index contributed by atoms with van der Waals surface area (Å²) in [6.45, 7) is 2.76. The van der Waals surface area contributed by atoms with E-state index in [4.69, 9.17) is 0 Å². The molecule has 0 aliphatic carbocycles. The van der Waals surface area contributed by atoms with Gasteiger partial charge in [-0.05, 0) is 19.1 Å². The predicted molar refractivity (Wildman–Crippen MR) is 95.7 cm³/mol. The molecule has 2 heterocycles. The van der Waals surface area contributed by atoms with E-state index in [0.29, 0.717) is 25.2 Å². The molecule has 1 aromatic heterocycles. The number of carbonyl (C=O) groups is 2. The van der Waals surface area contributed by atoms with Crippen molar-refractivity contribution in [2.75, 3.05) is 18.0 Å². The van der Waals surface area contributed by atoms with Crippen molar-refractivity contribution in [1.29, 1.82) is 0 Å². The molecule has 0 spiro atoms. The van der Waals surface area contributed by atoms with Crippen LogP contribution in [0.2, 0.25) is 0 Å². The lowest BCUT2D eigenvalue weighted by Gasteiger charge is -2.17. The molecule has 0 radical (unpaired) electrons. The fraction of sp³-hybridized carbons (Fsp3) is 0.316. The first-order chi connectivity index (χ1) is 12.0. The van der Waals surface area contributed by atoms with Crippen molar-refractivity contribution in [2.45, 2.75) is 13.3 Å². The Morgan fingerprint density at radius 2 is 1.92 bits per heavy atom. The molecular formula is C19H21N3O3. The summed E-state index contributed by atoms with van der Waals surface area (Å²) >= 11 is 0. The summed E-state index contributed by atoms with van der Waals surface area (Å²) in [5.74, 6) is -0.180. The van der Waals surface area contributed by atoms with Gasteiger partial charge in [-0.3, -0.25) is 14.4 Å². The van der Waals surface area contributed by atoms with E-state index in [9.17, 15) is 14.4 Å². The van der Waals surface area contributed by atoms with E-state index in [0.717, 1.165) is 11.4 Å². The van der Waals surface area contributed by atoms with Crippen LogP contribution in [-0.4, -0.2) is 29.5 Å². The topological polar surface area (TPSA) is 71.4 Å². The van der Waals surface area contributed by atoms with Gasteiger partial charge in [-0.2, -0.15) is 0 Å². The van der Waals surface area contributed by atoms with Gasteiger partial charge in [0.05, 0.1) is 0 Å². The highest BCUT2D eigenvalue weighted by molar-refractivity contribution is 5.96. The Balaban J connectivity index is 1.64. The van der Waals surface area contributed by atoms with Gasteiger partial charge in [0, 0.05) is 56.0 Å². The molecule has 1 aliphatic heterocycles. The van der Waals surface area contributed by atoms with Crippen molar-refractivity contribution in [1.82, 2.24) is 9.88 Å². The van der Waals surface area contributed by atoms with Crippen molar-refractivity contribution in [2.24, 2.45) is 13.0 Å². The van der Waals surface area contributed by atoms with E-state index < -0.39 is 0 Å². The van der Waals surface area contributed by atoms with Gasteiger partial charge in [0.2, 0.25) is 5.91 Å². The third-order valence-corrected chi connectivity index (χ3v) is 4.58. The average molecular weight is 339 g/mol. The van der Waals surface area contributed by atoms with Gasteiger partial charge in [0.15, 0.2) is 5.43 Å². The first kappa shape index (κ1) is 17.0. The molecule has 0 unspecified atom stereocenters. The molecule has 1 N–H and O–H groups in total. The molecule has 1 atom stereocenters. The summed E-state index contributed by atoms with van der Waals surface area (Å²) < 4.78 is 1.69. The highest BCUT2D eigenvalue weighted by Gasteiger charge is 2.30.